The molecule has 126 valence electrons. The monoisotopic (exact) mass is 347 g/mol. The van der Waals surface area contributed by atoms with Crippen molar-refractivity contribution in [1.29, 1.82) is 0 Å². The second-order valence-electron chi connectivity index (χ2n) is 5.62. The summed E-state index contributed by atoms with van der Waals surface area (Å²) in [5, 5.41) is 10.1. The van der Waals surface area contributed by atoms with E-state index in [0.29, 0.717) is 10.1 Å². The fourth-order valence-corrected chi connectivity index (χ4v) is 4.09. The standard InChI is InChI=1S/C17H17NO5S/c1-12-6-8-14(9-7-12)23-11-13(19)10-18-17(20)15-4-2-3-5-16(15)24(18,21)22/h2-9,13,19H,10-11H2,1H3. The van der Waals surface area contributed by atoms with Gasteiger partial charge in [0.2, 0.25) is 0 Å². The maximum atomic E-state index is 12.4. The lowest BCUT2D eigenvalue weighted by atomic mass is 10.2. The predicted molar refractivity (Wildman–Crippen MR) is 87.3 cm³/mol. The van der Waals surface area contributed by atoms with E-state index in [1.165, 1.54) is 12.1 Å². The summed E-state index contributed by atoms with van der Waals surface area (Å²) >= 11 is 0. The van der Waals surface area contributed by atoms with Crippen LogP contribution >= 0.6 is 0 Å². The van der Waals surface area contributed by atoms with Gasteiger partial charge in [-0.25, -0.2) is 12.7 Å². The van der Waals surface area contributed by atoms with Gasteiger partial charge in [0.05, 0.1) is 12.1 Å². The van der Waals surface area contributed by atoms with Gasteiger partial charge in [0, 0.05) is 0 Å². The van der Waals surface area contributed by atoms with Crippen molar-refractivity contribution in [2.75, 3.05) is 13.2 Å². The molecule has 0 spiro atoms. The molecule has 1 amide bonds. The molecule has 0 aromatic heterocycles. The number of hydrogen-bond donors (Lipinski definition) is 1. The van der Waals surface area contributed by atoms with Crippen molar-refractivity contribution in [1.82, 2.24) is 4.31 Å². The molecular weight excluding hydrogens is 330 g/mol. The fraction of sp³-hybridized carbons (Fsp3) is 0.235. The van der Waals surface area contributed by atoms with E-state index >= 15 is 0 Å². The molecule has 1 aliphatic rings. The number of aliphatic hydroxyl groups excluding tert-OH is 1. The molecule has 0 fully saturated rings. The van der Waals surface area contributed by atoms with Crippen LogP contribution in [0.1, 0.15) is 15.9 Å². The van der Waals surface area contributed by atoms with E-state index in [9.17, 15) is 18.3 Å². The van der Waals surface area contributed by atoms with Gasteiger partial charge in [0.25, 0.3) is 15.9 Å². The van der Waals surface area contributed by atoms with E-state index < -0.39 is 22.0 Å². The van der Waals surface area contributed by atoms with Crippen LogP contribution in [0.4, 0.5) is 0 Å². The van der Waals surface area contributed by atoms with E-state index in [0.717, 1.165) is 5.56 Å². The first-order valence-electron chi connectivity index (χ1n) is 7.43. The van der Waals surface area contributed by atoms with Gasteiger partial charge in [-0.05, 0) is 31.2 Å². The lowest BCUT2D eigenvalue weighted by molar-refractivity contribution is 0.0687. The average molecular weight is 347 g/mol. The lowest BCUT2D eigenvalue weighted by Crippen LogP contribution is -2.39. The van der Waals surface area contributed by atoms with Gasteiger partial charge in [-0.2, -0.15) is 0 Å². The van der Waals surface area contributed by atoms with Crippen molar-refractivity contribution in [2.24, 2.45) is 0 Å². The normalized spacial score (nSPS) is 16.8. The Labute approximate surface area is 140 Å². The van der Waals surface area contributed by atoms with E-state index in [1.54, 1.807) is 24.3 Å². The first-order valence-corrected chi connectivity index (χ1v) is 8.87. The van der Waals surface area contributed by atoms with Crippen molar-refractivity contribution in [3.63, 3.8) is 0 Å². The summed E-state index contributed by atoms with van der Waals surface area (Å²) in [6.45, 7) is 1.49. The van der Waals surface area contributed by atoms with Crippen molar-refractivity contribution in [3.8, 4) is 5.75 Å². The Morgan fingerprint density at radius 3 is 2.46 bits per heavy atom. The van der Waals surface area contributed by atoms with Crippen LogP contribution in [-0.4, -0.2) is 43.0 Å². The van der Waals surface area contributed by atoms with Gasteiger partial charge in [0.15, 0.2) is 0 Å². The predicted octanol–water partition coefficient (Wildman–Crippen LogP) is 1.58. The highest BCUT2D eigenvalue weighted by molar-refractivity contribution is 7.90. The van der Waals surface area contributed by atoms with Crippen molar-refractivity contribution >= 4 is 15.9 Å². The molecule has 3 rings (SSSR count). The number of fused-ring (bicyclic) bond motifs is 1. The zero-order valence-corrected chi connectivity index (χ0v) is 13.9. The number of benzene rings is 2. The van der Waals surface area contributed by atoms with Gasteiger partial charge in [-0.1, -0.05) is 29.8 Å². The van der Waals surface area contributed by atoms with Crippen LogP contribution in [0.5, 0.6) is 5.75 Å². The molecule has 2 aromatic carbocycles. The number of sulfonamides is 1. The summed E-state index contributed by atoms with van der Waals surface area (Å²) in [5.74, 6) is -0.0569. The fourth-order valence-electron chi connectivity index (χ4n) is 2.48. The van der Waals surface area contributed by atoms with Crippen LogP contribution in [0.3, 0.4) is 0 Å². The van der Waals surface area contributed by atoms with Crippen molar-refractivity contribution < 1.29 is 23.1 Å². The molecule has 1 unspecified atom stereocenters. The molecular formula is C17H17NO5S. The smallest absolute Gasteiger partial charge is 0.269 e. The Morgan fingerprint density at radius 2 is 1.79 bits per heavy atom. The molecule has 24 heavy (non-hydrogen) atoms. The Bertz CT molecular complexity index is 861. The quantitative estimate of drug-likeness (QED) is 0.888. The summed E-state index contributed by atoms with van der Waals surface area (Å²) in [5.41, 5.74) is 1.21. The number of amides is 1. The topological polar surface area (TPSA) is 83.9 Å². The van der Waals surface area contributed by atoms with Crippen molar-refractivity contribution in [2.45, 2.75) is 17.9 Å². The Kier molecular flexibility index (Phi) is 4.29. The summed E-state index contributed by atoms with van der Waals surface area (Å²) in [4.78, 5) is 12.2. The molecule has 0 radical (unpaired) electrons. The molecule has 1 atom stereocenters. The number of aliphatic hydroxyl groups is 1. The molecule has 1 heterocycles. The third-order valence-electron chi connectivity index (χ3n) is 3.75. The Hall–Kier alpha value is -2.38. The molecule has 1 N–H and O–H groups in total. The summed E-state index contributed by atoms with van der Waals surface area (Å²) in [6, 6.07) is 13.3. The average Bonchev–Trinajstić information content (AvgIpc) is 2.76. The van der Waals surface area contributed by atoms with E-state index in [-0.39, 0.29) is 23.6 Å². The molecule has 0 aliphatic carbocycles. The van der Waals surface area contributed by atoms with Crippen LogP contribution in [-0.2, 0) is 10.0 Å². The SMILES string of the molecule is Cc1ccc(OCC(O)CN2C(=O)c3ccccc3S2(=O)=O)cc1. The lowest BCUT2D eigenvalue weighted by Gasteiger charge is -2.19. The number of carbonyl (C=O) groups excluding carboxylic acids is 1. The van der Waals surface area contributed by atoms with Gasteiger partial charge >= 0.3 is 0 Å². The zero-order valence-electron chi connectivity index (χ0n) is 13.0. The highest BCUT2D eigenvalue weighted by atomic mass is 32.2. The Morgan fingerprint density at radius 1 is 1.12 bits per heavy atom. The van der Waals surface area contributed by atoms with Crippen molar-refractivity contribution in [3.05, 3.63) is 59.7 Å². The third-order valence-corrected chi connectivity index (χ3v) is 5.56. The first-order chi connectivity index (χ1) is 11.4. The molecule has 7 heteroatoms. The largest absolute Gasteiger partial charge is 0.491 e. The van der Waals surface area contributed by atoms with Crippen LogP contribution in [0, 0.1) is 6.92 Å². The summed E-state index contributed by atoms with van der Waals surface area (Å²) in [7, 11) is -3.91. The number of β-amino-alcohol motifs (C(OH)–C–C–N with tert-alkyl or cyclic N) is 1. The molecule has 6 nitrogen and oxygen atoms in total. The zero-order chi connectivity index (χ0) is 17.3. The molecule has 1 aliphatic heterocycles. The Balaban J connectivity index is 1.68. The second-order valence-corrected chi connectivity index (χ2v) is 7.45. The minimum absolute atomic E-state index is 0.0262. The minimum atomic E-state index is -3.91. The van der Waals surface area contributed by atoms with Crippen LogP contribution in [0.15, 0.2) is 53.4 Å². The van der Waals surface area contributed by atoms with Gasteiger partial charge < -0.3 is 9.84 Å². The first kappa shape index (κ1) is 16.5. The van der Waals surface area contributed by atoms with Crippen LogP contribution in [0.2, 0.25) is 0 Å². The highest BCUT2D eigenvalue weighted by Crippen LogP contribution is 2.29. The van der Waals surface area contributed by atoms with E-state index in [4.69, 9.17) is 4.74 Å². The summed E-state index contributed by atoms with van der Waals surface area (Å²) < 4.78 is 30.9. The summed E-state index contributed by atoms with van der Waals surface area (Å²) in [6.07, 6.45) is -1.13. The molecule has 0 saturated carbocycles. The van der Waals surface area contributed by atoms with E-state index in [1.807, 2.05) is 19.1 Å². The minimum Gasteiger partial charge on any atom is -0.491 e. The second kappa shape index (κ2) is 6.26. The van der Waals surface area contributed by atoms with Crippen LogP contribution in [0.25, 0.3) is 0 Å². The van der Waals surface area contributed by atoms with Gasteiger partial charge in [0.1, 0.15) is 23.4 Å². The maximum absolute atomic E-state index is 12.4. The van der Waals surface area contributed by atoms with Gasteiger partial charge in [-0.15, -0.1) is 0 Å². The third kappa shape index (κ3) is 3.00. The molecule has 2 aromatic rings. The van der Waals surface area contributed by atoms with E-state index in [2.05, 4.69) is 0 Å². The number of rotatable bonds is 5. The molecule has 0 saturated heterocycles. The number of hydrogen-bond acceptors (Lipinski definition) is 5. The maximum Gasteiger partial charge on any atom is 0.269 e. The number of ether oxygens (including phenoxy) is 1. The van der Waals surface area contributed by atoms with Crippen LogP contribution < -0.4 is 4.74 Å². The highest BCUT2D eigenvalue weighted by Gasteiger charge is 2.41. The number of carbonyl (C=O) groups is 1. The van der Waals surface area contributed by atoms with Gasteiger partial charge in [-0.3, -0.25) is 4.79 Å². The number of aryl methyl sites for hydroxylation is 1. The molecule has 0 bridgehead atoms. The number of nitrogens with zero attached hydrogens (tertiary/aromatic N) is 1.